The lowest BCUT2D eigenvalue weighted by atomic mass is 10.1. The Hall–Kier alpha value is -2.47. The number of ether oxygens (including phenoxy) is 1. The Labute approximate surface area is 130 Å². The van der Waals surface area contributed by atoms with Gasteiger partial charge in [0.2, 0.25) is 0 Å². The first-order chi connectivity index (χ1) is 10.6. The third-order valence-electron chi connectivity index (χ3n) is 3.25. The van der Waals surface area contributed by atoms with Crippen molar-refractivity contribution in [2.45, 2.75) is 13.8 Å². The van der Waals surface area contributed by atoms with Crippen LogP contribution in [0.2, 0.25) is 0 Å². The van der Waals surface area contributed by atoms with Gasteiger partial charge >= 0.3 is 5.97 Å². The quantitative estimate of drug-likeness (QED) is 0.697. The van der Waals surface area contributed by atoms with Gasteiger partial charge in [-0.3, -0.25) is 9.20 Å². The maximum absolute atomic E-state index is 12.1. The summed E-state index contributed by atoms with van der Waals surface area (Å²) in [6.45, 7) is 3.99. The minimum absolute atomic E-state index is 0.202. The molecule has 0 aliphatic heterocycles. The van der Waals surface area contributed by atoms with Crippen molar-refractivity contribution in [2.24, 2.45) is 0 Å². The van der Waals surface area contributed by atoms with Crippen LogP contribution < -0.4 is 5.56 Å². The third kappa shape index (κ3) is 2.53. The molecule has 0 atom stereocenters. The Morgan fingerprint density at radius 1 is 1.32 bits per heavy atom. The number of aryl methyl sites for hydroxylation is 1. The molecule has 5 nitrogen and oxygen atoms in total. The number of rotatable bonds is 3. The highest BCUT2D eigenvalue weighted by Gasteiger charge is 2.17. The largest absolute Gasteiger partial charge is 0.461 e. The smallest absolute Gasteiger partial charge is 0.355 e. The summed E-state index contributed by atoms with van der Waals surface area (Å²) in [7, 11) is 0. The molecule has 22 heavy (non-hydrogen) atoms. The molecule has 0 saturated carbocycles. The SMILES string of the molecule is CCOC(=O)c1cc(=O)nc2scc(-c3ccc(C)cc3)n12. The Morgan fingerprint density at radius 3 is 2.73 bits per heavy atom. The predicted octanol–water partition coefficient (Wildman–Crippen LogP) is 2.91. The van der Waals surface area contributed by atoms with Crippen LogP contribution in [0.3, 0.4) is 0 Å². The van der Waals surface area contributed by atoms with Gasteiger partial charge in [-0.05, 0) is 19.4 Å². The fraction of sp³-hybridized carbons (Fsp3) is 0.188. The van der Waals surface area contributed by atoms with Crippen molar-refractivity contribution in [3.8, 4) is 11.3 Å². The minimum Gasteiger partial charge on any atom is -0.461 e. The lowest BCUT2D eigenvalue weighted by Gasteiger charge is -2.08. The molecular weight excluding hydrogens is 300 g/mol. The van der Waals surface area contributed by atoms with E-state index >= 15 is 0 Å². The van der Waals surface area contributed by atoms with E-state index < -0.39 is 11.5 Å². The summed E-state index contributed by atoms with van der Waals surface area (Å²) in [5, 5.41) is 1.88. The fourth-order valence-electron chi connectivity index (χ4n) is 2.21. The summed E-state index contributed by atoms with van der Waals surface area (Å²) in [4.78, 5) is 28.3. The molecule has 0 spiro atoms. The van der Waals surface area contributed by atoms with Crippen molar-refractivity contribution in [3.05, 3.63) is 57.3 Å². The second kappa shape index (κ2) is 5.73. The zero-order valence-electron chi connectivity index (χ0n) is 12.2. The highest BCUT2D eigenvalue weighted by Crippen LogP contribution is 2.26. The van der Waals surface area contributed by atoms with Crippen molar-refractivity contribution in [1.29, 1.82) is 0 Å². The number of hydrogen-bond acceptors (Lipinski definition) is 5. The number of carbonyl (C=O) groups excluding carboxylic acids is 1. The molecule has 2 heterocycles. The molecule has 3 aromatic rings. The zero-order valence-corrected chi connectivity index (χ0v) is 13.0. The molecule has 0 saturated heterocycles. The number of carbonyl (C=O) groups is 1. The number of hydrogen-bond donors (Lipinski definition) is 0. The normalized spacial score (nSPS) is 10.8. The van der Waals surface area contributed by atoms with Gasteiger partial charge in [-0.2, -0.15) is 4.98 Å². The molecule has 0 fully saturated rings. The Balaban J connectivity index is 2.26. The Bertz CT molecular complexity index is 894. The van der Waals surface area contributed by atoms with Gasteiger partial charge in [0.05, 0.1) is 12.3 Å². The van der Waals surface area contributed by atoms with Gasteiger partial charge in [0, 0.05) is 11.4 Å². The van der Waals surface area contributed by atoms with E-state index in [1.807, 2.05) is 36.6 Å². The van der Waals surface area contributed by atoms with Crippen LogP contribution in [0.1, 0.15) is 23.0 Å². The lowest BCUT2D eigenvalue weighted by Crippen LogP contribution is -2.17. The average Bonchev–Trinajstić information content (AvgIpc) is 2.91. The summed E-state index contributed by atoms with van der Waals surface area (Å²) in [6, 6.07) is 9.17. The first kappa shape index (κ1) is 14.5. The molecule has 0 bridgehead atoms. The van der Waals surface area contributed by atoms with E-state index in [-0.39, 0.29) is 12.3 Å². The van der Waals surface area contributed by atoms with E-state index in [0.717, 1.165) is 16.8 Å². The number of fused-ring (bicyclic) bond motifs is 1. The van der Waals surface area contributed by atoms with Gasteiger partial charge in [-0.15, -0.1) is 11.3 Å². The third-order valence-corrected chi connectivity index (χ3v) is 4.07. The highest BCUT2D eigenvalue weighted by atomic mass is 32.1. The van der Waals surface area contributed by atoms with E-state index in [0.29, 0.717) is 4.96 Å². The van der Waals surface area contributed by atoms with Crippen molar-refractivity contribution < 1.29 is 9.53 Å². The summed E-state index contributed by atoms with van der Waals surface area (Å²) < 4.78 is 6.72. The van der Waals surface area contributed by atoms with E-state index in [1.54, 1.807) is 11.3 Å². The Morgan fingerprint density at radius 2 is 2.05 bits per heavy atom. The lowest BCUT2D eigenvalue weighted by molar-refractivity contribution is 0.0517. The monoisotopic (exact) mass is 314 g/mol. The number of nitrogens with zero attached hydrogens (tertiary/aromatic N) is 2. The van der Waals surface area contributed by atoms with Crippen LogP contribution in [0.15, 0.2) is 40.5 Å². The topological polar surface area (TPSA) is 60.7 Å². The first-order valence-corrected chi connectivity index (χ1v) is 7.73. The zero-order chi connectivity index (χ0) is 15.7. The van der Waals surface area contributed by atoms with Crippen LogP contribution in [0.25, 0.3) is 16.2 Å². The van der Waals surface area contributed by atoms with Gasteiger partial charge in [0.15, 0.2) is 4.96 Å². The van der Waals surface area contributed by atoms with Crippen LogP contribution in [-0.4, -0.2) is 22.0 Å². The van der Waals surface area contributed by atoms with Gasteiger partial charge in [-0.1, -0.05) is 29.8 Å². The number of benzene rings is 1. The van der Waals surface area contributed by atoms with Gasteiger partial charge in [0.25, 0.3) is 5.56 Å². The molecule has 2 aromatic heterocycles. The molecule has 0 unspecified atom stereocenters. The van der Waals surface area contributed by atoms with Crippen molar-refractivity contribution in [3.63, 3.8) is 0 Å². The van der Waals surface area contributed by atoms with Gasteiger partial charge in [0.1, 0.15) is 5.69 Å². The van der Waals surface area contributed by atoms with Gasteiger partial charge < -0.3 is 4.74 Å². The molecule has 0 aliphatic carbocycles. The van der Waals surface area contributed by atoms with Crippen LogP contribution >= 0.6 is 11.3 Å². The Kier molecular flexibility index (Phi) is 3.77. The maximum Gasteiger partial charge on any atom is 0.355 e. The summed E-state index contributed by atoms with van der Waals surface area (Å²) in [6.07, 6.45) is 0. The highest BCUT2D eigenvalue weighted by molar-refractivity contribution is 7.15. The molecule has 6 heteroatoms. The summed E-state index contributed by atoms with van der Waals surface area (Å²) in [5.41, 5.74) is 2.68. The molecule has 0 aliphatic rings. The second-order valence-electron chi connectivity index (χ2n) is 4.81. The molecule has 0 amide bonds. The standard InChI is InChI=1S/C16H14N2O3S/c1-3-21-15(20)12-8-14(19)17-16-18(12)13(9-22-16)11-6-4-10(2)5-7-11/h4-9H,3H2,1-2H3. The minimum atomic E-state index is -0.524. The van der Waals surface area contributed by atoms with E-state index in [4.69, 9.17) is 4.74 Å². The van der Waals surface area contributed by atoms with E-state index in [2.05, 4.69) is 4.98 Å². The van der Waals surface area contributed by atoms with Crippen LogP contribution in [0, 0.1) is 6.92 Å². The second-order valence-corrected chi connectivity index (χ2v) is 5.64. The molecule has 1 aromatic carbocycles. The average molecular weight is 314 g/mol. The van der Waals surface area contributed by atoms with Crippen LogP contribution in [-0.2, 0) is 4.74 Å². The van der Waals surface area contributed by atoms with Crippen molar-refractivity contribution in [2.75, 3.05) is 6.61 Å². The predicted molar refractivity (Wildman–Crippen MR) is 85.5 cm³/mol. The number of thiazole rings is 1. The van der Waals surface area contributed by atoms with E-state index in [9.17, 15) is 9.59 Å². The van der Waals surface area contributed by atoms with Crippen LogP contribution in [0.5, 0.6) is 0 Å². The summed E-state index contributed by atoms with van der Waals surface area (Å²) in [5.74, 6) is -0.524. The maximum atomic E-state index is 12.1. The van der Waals surface area contributed by atoms with Crippen molar-refractivity contribution in [1.82, 2.24) is 9.38 Å². The number of aromatic nitrogens is 2. The van der Waals surface area contributed by atoms with Crippen molar-refractivity contribution >= 4 is 22.3 Å². The summed E-state index contributed by atoms with van der Waals surface area (Å²) >= 11 is 1.32. The van der Waals surface area contributed by atoms with E-state index in [1.165, 1.54) is 17.4 Å². The van der Waals surface area contributed by atoms with Gasteiger partial charge in [-0.25, -0.2) is 4.79 Å². The molecule has 0 radical (unpaired) electrons. The molecule has 112 valence electrons. The fourth-order valence-corrected chi connectivity index (χ4v) is 3.11. The van der Waals surface area contributed by atoms with Crippen LogP contribution in [0.4, 0.5) is 0 Å². The molecular formula is C16H14N2O3S. The first-order valence-electron chi connectivity index (χ1n) is 6.85. The number of esters is 1. The molecule has 0 N–H and O–H groups in total. The molecule has 3 rings (SSSR count).